The predicted molar refractivity (Wildman–Crippen MR) is 147 cm³/mol. The molecule has 2 amide bonds. The Bertz CT molecular complexity index is 1370. The van der Waals surface area contributed by atoms with Crippen LogP contribution in [0, 0.1) is 5.92 Å². The lowest BCUT2D eigenvalue weighted by Crippen LogP contribution is -2.49. The van der Waals surface area contributed by atoms with Crippen molar-refractivity contribution in [1.82, 2.24) is 15.5 Å². The van der Waals surface area contributed by atoms with E-state index in [9.17, 15) is 14.4 Å². The highest BCUT2D eigenvalue weighted by Crippen LogP contribution is 2.56. The third-order valence-electron chi connectivity index (χ3n) is 7.59. The number of carbonyl (C=O) groups is 3. The Morgan fingerprint density at radius 2 is 1.64 bits per heavy atom. The van der Waals surface area contributed by atoms with E-state index < -0.39 is 5.60 Å². The van der Waals surface area contributed by atoms with Gasteiger partial charge in [0.05, 0.1) is 11.5 Å². The summed E-state index contributed by atoms with van der Waals surface area (Å²) >= 11 is 0. The summed E-state index contributed by atoms with van der Waals surface area (Å²) in [7, 11) is 3.93. The number of ether oxygens (including phenoxy) is 2. The first-order valence-corrected chi connectivity index (χ1v) is 13.2. The maximum atomic E-state index is 13.1. The van der Waals surface area contributed by atoms with Gasteiger partial charge in [-0.15, -0.1) is 0 Å². The Morgan fingerprint density at radius 3 is 2.36 bits per heavy atom. The van der Waals surface area contributed by atoms with E-state index in [1.54, 1.807) is 0 Å². The Hall–Kier alpha value is -4.27. The number of likely N-dealkylation sites (N-methyl/N-ethyl adjacent to an activating group) is 2. The summed E-state index contributed by atoms with van der Waals surface area (Å²) < 4.78 is 12.9. The first kappa shape index (κ1) is 26.3. The number of hydrogen-bond donors (Lipinski definition) is 2. The molecule has 2 N–H and O–H groups in total. The van der Waals surface area contributed by atoms with Crippen LogP contribution in [0.4, 0.5) is 5.69 Å². The molecule has 204 valence electrons. The number of hydrogen-bond acceptors (Lipinski definition) is 7. The molecule has 0 saturated heterocycles. The number of carbonyl (C=O) groups excluding carboxylic acids is 3. The van der Waals surface area contributed by atoms with E-state index in [1.165, 1.54) is 13.8 Å². The van der Waals surface area contributed by atoms with E-state index in [2.05, 4.69) is 27.7 Å². The fourth-order valence-electron chi connectivity index (χ4n) is 5.59. The Morgan fingerprint density at radius 1 is 0.949 bits per heavy atom. The average Bonchev–Trinajstić information content (AvgIpc) is 3.20. The summed E-state index contributed by atoms with van der Waals surface area (Å²) in [6.45, 7) is 5.31. The van der Waals surface area contributed by atoms with Crippen molar-refractivity contribution in [3.05, 3.63) is 83.1 Å². The van der Waals surface area contributed by atoms with Crippen LogP contribution in [0.15, 0.2) is 66.4 Å². The standard InChI is InChI=1S/C30H34N4O5/c1-19(35)31-13-15-33(3)21-9-11-25-27(17-21)38-28-18-22(34(4)16-14-32-20(2)36)10-12-26(28)30(25)24-8-6-5-7-23(24)29(37)39-30/h5-12,17-18,25,27H,13-16H2,1-4H3,(H,31,35)(H,32,36). The lowest BCUT2D eigenvalue weighted by atomic mass is 9.70. The van der Waals surface area contributed by atoms with Crippen LogP contribution in [0.3, 0.4) is 0 Å². The number of amides is 2. The average molecular weight is 531 g/mol. The summed E-state index contributed by atoms with van der Waals surface area (Å²) in [5.41, 5.74) is 3.07. The molecule has 2 aromatic rings. The zero-order valence-corrected chi connectivity index (χ0v) is 22.7. The summed E-state index contributed by atoms with van der Waals surface area (Å²) in [6.07, 6.45) is 5.77. The predicted octanol–water partition coefficient (Wildman–Crippen LogP) is 2.57. The number of nitrogens with zero attached hydrogens (tertiary/aromatic N) is 2. The molecule has 0 bridgehead atoms. The van der Waals surface area contributed by atoms with E-state index in [0.717, 1.165) is 22.5 Å². The zero-order chi connectivity index (χ0) is 27.7. The fraction of sp³-hybridized carbons (Fsp3) is 0.367. The van der Waals surface area contributed by atoms with Gasteiger partial charge in [0.2, 0.25) is 11.8 Å². The van der Waals surface area contributed by atoms with Crippen molar-refractivity contribution in [2.45, 2.75) is 25.6 Å². The van der Waals surface area contributed by atoms with E-state index in [1.807, 2.05) is 67.5 Å². The van der Waals surface area contributed by atoms with Crippen molar-refractivity contribution in [2.75, 3.05) is 45.2 Å². The van der Waals surface area contributed by atoms with E-state index in [4.69, 9.17) is 9.47 Å². The quantitative estimate of drug-likeness (QED) is 0.506. The van der Waals surface area contributed by atoms with Gasteiger partial charge in [0.1, 0.15) is 11.9 Å². The number of allylic oxidation sites excluding steroid dienone is 1. The molecule has 9 heteroatoms. The van der Waals surface area contributed by atoms with Gasteiger partial charge in [0.15, 0.2) is 5.60 Å². The molecular weight excluding hydrogens is 496 g/mol. The first-order chi connectivity index (χ1) is 18.7. The maximum Gasteiger partial charge on any atom is 0.339 e. The summed E-state index contributed by atoms with van der Waals surface area (Å²) in [6, 6.07) is 13.5. The van der Waals surface area contributed by atoms with Gasteiger partial charge in [-0.2, -0.15) is 0 Å². The SMILES string of the molecule is CC(=O)NCCN(C)C1=CC2Oc3cc(N(C)CCNC(C)=O)ccc3C3(OC(=O)c4ccccc43)C2C=C1. The highest BCUT2D eigenvalue weighted by molar-refractivity contribution is 5.96. The number of nitrogens with one attached hydrogen (secondary N) is 2. The monoisotopic (exact) mass is 530 g/mol. The van der Waals surface area contributed by atoms with Crippen LogP contribution in [0.2, 0.25) is 0 Å². The molecule has 0 saturated carbocycles. The zero-order valence-electron chi connectivity index (χ0n) is 22.7. The summed E-state index contributed by atoms with van der Waals surface area (Å²) in [5.74, 6) is -0.0959. The second kappa shape index (κ2) is 10.5. The smallest absolute Gasteiger partial charge is 0.339 e. The van der Waals surface area contributed by atoms with Crippen LogP contribution in [0.5, 0.6) is 5.75 Å². The van der Waals surface area contributed by atoms with Crippen molar-refractivity contribution < 1.29 is 23.9 Å². The van der Waals surface area contributed by atoms with E-state index >= 15 is 0 Å². The Kier molecular flexibility index (Phi) is 7.08. The van der Waals surface area contributed by atoms with Gasteiger partial charge in [0.25, 0.3) is 0 Å². The van der Waals surface area contributed by atoms with Crippen molar-refractivity contribution in [3.8, 4) is 5.75 Å². The molecule has 3 atom stereocenters. The van der Waals surface area contributed by atoms with Gasteiger partial charge in [0, 0.05) is 82.7 Å². The van der Waals surface area contributed by atoms with Crippen LogP contribution in [0.25, 0.3) is 0 Å². The molecule has 1 spiro atoms. The number of esters is 1. The minimum Gasteiger partial charge on any atom is -0.485 e. The minimum absolute atomic E-state index is 0.0645. The van der Waals surface area contributed by atoms with E-state index in [-0.39, 0.29) is 29.8 Å². The van der Waals surface area contributed by atoms with Crippen LogP contribution < -0.4 is 20.3 Å². The third-order valence-corrected chi connectivity index (χ3v) is 7.59. The van der Waals surface area contributed by atoms with Crippen LogP contribution in [-0.2, 0) is 19.9 Å². The molecule has 3 aliphatic rings. The normalized spacial score (nSPS) is 22.1. The van der Waals surface area contributed by atoms with Crippen LogP contribution in [0.1, 0.15) is 35.3 Å². The van der Waals surface area contributed by atoms with Crippen molar-refractivity contribution in [3.63, 3.8) is 0 Å². The molecule has 2 heterocycles. The van der Waals surface area contributed by atoms with Gasteiger partial charge < -0.3 is 29.9 Å². The molecule has 39 heavy (non-hydrogen) atoms. The lowest BCUT2D eigenvalue weighted by molar-refractivity contribution is -0.119. The number of benzene rings is 2. The van der Waals surface area contributed by atoms with Crippen molar-refractivity contribution >= 4 is 23.5 Å². The first-order valence-electron chi connectivity index (χ1n) is 13.2. The van der Waals surface area contributed by atoms with Gasteiger partial charge in [-0.05, 0) is 30.4 Å². The highest BCUT2D eigenvalue weighted by Gasteiger charge is 2.58. The number of anilines is 1. The molecule has 3 unspecified atom stereocenters. The second-order valence-corrected chi connectivity index (χ2v) is 10.2. The van der Waals surface area contributed by atoms with Gasteiger partial charge in [-0.25, -0.2) is 4.79 Å². The van der Waals surface area contributed by atoms with Gasteiger partial charge in [-0.1, -0.05) is 24.3 Å². The topological polar surface area (TPSA) is 100 Å². The Balaban J connectivity index is 1.52. The van der Waals surface area contributed by atoms with Crippen LogP contribution in [-0.4, -0.2) is 69.1 Å². The lowest BCUT2D eigenvalue weighted by Gasteiger charge is -2.45. The van der Waals surface area contributed by atoms with Gasteiger partial charge in [-0.3, -0.25) is 9.59 Å². The number of rotatable bonds is 8. The van der Waals surface area contributed by atoms with Crippen LogP contribution >= 0.6 is 0 Å². The summed E-state index contributed by atoms with van der Waals surface area (Å²) in [5, 5.41) is 5.65. The third kappa shape index (κ3) is 4.84. The van der Waals surface area contributed by atoms with Crippen molar-refractivity contribution in [1.29, 1.82) is 0 Å². The maximum absolute atomic E-state index is 13.1. The highest BCUT2D eigenvalue weighted by atomic mass is 16.6. The molecule has 9 nitrogen and oxygen atoms in total. The summed E-state index contributed by atoms with van der Waals surface area (Å²) in [4.78, 5) is 39.8. The fourth-order valence-corrected chi connectivity index (χ4v) is 5.59. The number of fused-ring (bicyclic) bond motifs is 6. The molecule has 2 aromatic carbocycles. The minimum atomic E-state index is -1.02. The van der Waals surface area contributed by atoms with Gasteiger partial charge >= 0.3 is 5.97 Å². The molecule has 0 radical (unpaired) electrons. The second-order valence-electron chi connectivity index (χ2n) is 10.2. The molecule has 1 aliphatic carbocycles. The molecule has 0 fully saturated rings. The molecule has 2 aliphatic heterocycles. The molecule has 5 rings (SSSR count). The van der Waals surface area contributed by atoms with E-state index in [0.29, 0.717) is 37.5 Å². The molecule has 0 aromatic heterocycles. The molecular formula is C30H34N4O5. The Labute approximate surface area is 228 Å². The van der Waals surface area contributed by atoms with Crippen molar-refractivity contribution in [2.24, 2.45) is 5.92 Å². The largest absolute Gasteiger partial charge is 0.485 e.